The number of H-pyrrole nitrogens is 1. The summed E-state index contributed by atoms with van der Waals surface area (Å²) in [5.74, 6) is 0. The topological polar surface area (TPSA) is 62.6 Å². The van der Waals surface area contributed by atoms with Gasteiger partial charge in [-0.2, -0.15) is 5.10 Å². The molecule has 24 heavy (non-hydrogen) atoms. The zero-order valence-electron chi connectivity index (χ0n) is 13.7. The highest BCUT2D eigenvalue weighted by molar-refractivity contribution is 5.50. The van der Waals surface area contributed by atoms with Gasteiger partial charge in [0.15, 0.2) is 0 Å². The molecule has 0 radical (unpaired) electrons. The Morgan fingerprint density at radius 1 is 0.917 bits per heavy atom. The highest BCUT2D eigenvalue weighted by atomic mass is 15.4. The van der Waals surface area contributed by atoms with E-state index < -0.39 is 0 Å². The van der Waals surface area contributed by atoms with Crippen LogP contribution in [0.3, 0.4) is 0 Å². The van der Waals surface area contributed by atoms with E-state index in [2.05, 4.69) is 49.7 Å². The minimum Gasteiger partial charge on any atom is -0.299 e. The molecule has 0 atom stereocenters. The molecule has 124 valence electrons. The molecule has 0 amide bonds. The molecular formula is C18H22N6. The number of aromatic nitrogens is 5. The van der Waals surface area contributed by atoms with Crippen LogP contribution >= 0.6 is 0 Å². The number of nitrogens with one attached hydrogen (secondary N) is 1. The molecule has 1 aromatic carbocycles. The number of nitrogens with zero attached hydrogens (tertiary/aromatic N) is 5. The van der Waals surface area contributed by atoms with E-state index in [0.29, 0.717) is 0 Å². The van der Waals surface area contributed by atoms with Gasteiger partial charge >= 0.3 is 0 Å². The maximum atomic E-state index is 4.19. The van der Waals surface area contributed by atoms with Gasteiger partial charge in [-0.3, -0.25) is 10.00 Å². The smallest absolute Gasteiger partial charge is 0.130 e. The molecule has 6 nitrogen and oxygen atoms in total. The van der Waals surface area contributed by atoms with Crippen LogP contribution in [0, 0.1) is 0 Å². The predicted molar refractivity (Wildman–Crippen MR) is 92.3 cm³/mol. The number of aromatic amines is 1. The van der Waals surface area contributed by atoms with Gasteiger partial charge in [0, 0.05) is 12.7 Å². The van der Waals surface area contributed by atoms with Gasteiger partial charge in [0.25, 0.3) is 0 Å². The van der Waals surface area contributed by atoms with Crippen LogP contribution < -0.4 is 0 Å². The van der Waals surface area contributed by atoms with Gasteiger partial charge in [-0.1, -0.05) is 35.9 Å². The van der Waals surface area contributed by atoms with E-state index in [1.807, 2.05) is 16.9 Å². The largest absolute Gasteiger partial charge is 0.299 e. The third kappa shape index (κ3) is 3.54. The second kappa shape index (κ2) is 6.97. The third-order valence-electron chi connectivity index (χ3n) is 4.54. The summed E-state index contributed by atoms with van der Waals surface area (Å²) in [5.41, 5.74) is 4.32. The monoisotopic (exact) mass is 322 g/mol. The minimum atomic E-state index is 0.727. The van der Waals surface area contributed by atoms with Crippen molar-refractivity contribution < 1.29 is 0 Å². The van der Waals surface area contributed by atoms with E-state index in [4.69, 9.17) is 0 Å². The molecule has 1 aliphatic rings. The first-order chi connectivity index (χ1) is 11.9. The Kier molecular flexibility index (Phi) is 4.38. The van der Waals surface area contributed by atoms with Crippen molar-refractivity contribution >= 4 is 0 Å². The number of likely N-dealkylation sites (tertiary alicyclic amines) is 1. The Hall–Kier alpha value is -2.47. The highest BCUT2D eigenvalue weighted by Gasteiger charge is 2.10. The van der Waals surface area contributed by atoms with Gasteiger partial charge in [0.2, 0.25) is 0 Å². The Morgan fingerprint density at radius 2 is 1.67 bits per heavy atom. The summed E-state index contributed by atoms with van der Waals surface area (Å²) in [5, 5.41) is 15.2. The molecule has 0 unspecified atom stereocenters. The van der Waals surface area contributed by atoms with Crippen LogP contribution in [-0.2, 0) is 13.1 Å². The molecule has 0 bridgehead atoms. The molecule has 6 heteroatoms. The van der Waals surface area contributed by atoms with Crippen molar-refractivity contribution in [1.82, 2.24) is 30.1 Å². The van der Waals surface area contributed by atoms with Gasteiger partial charge in [0.05, 0.1) is 18.4 Å². The van der Waals surface area contributed by atoms with Crippen molar-refractivity contribution in [2.24, 2.45) is 0 Å². The average molecular weight is 322 g/mol. The molecule has 0 aliphatic carbocycles. The van der Waals surface area contributed by atoms with Gasteiger partial charge in [-0.05, 0) is 43.1 Å². The third-order valence-corrected chi connectivity index (χ3v) is 4.54. The quantitative estimate of drug-likeness (QED) is 0.784. The summed E-state index contributed by atoms with van der Waals surface area (Å²) in [6.45, 7) is 4.26. The van der Waals surface area contributed by atoms with Crippen LogP contribution in [0.15, 0.2) is 42.7 Å². The van der Waals surface area contributed by atoms with E-state index in [1.54, 1.807) is 6.20 Å². The fourth-order valence-electron chi connectivity index (χ4n) is 3.21. The summed E-state index contributed by atoms with van der Waals surface area (Å²) in [7, 11) is 0. The molecule has 0 saturated carbocycles. The fraction of sp³-hybridized carbons (Fsp3) is 0.389. The zero-order chi connectivity index (χ0) is 16.2. The number of piperidine rings is 1. The molecule has 1 saturated heterocycles. The molecule has 1 fully saturated rings. The van der Waals surface area contributed by atoms with Crippen molar-refractivity contribution in [2.45, 2.75) is 32.4 Å². The van der Waals surface area contributed by atoms with E-state index in [0.717, 1.165) is 24.5 Å². The fourth-order valence-corrected chi connectivity index (χ4v) is 3.21. The minimum absolute atomic E-state index is 0.727. The second-order valence-electron chi connectivity index (χ2n) is 6.42. The number of hydrogen-bond donors (Lipinski definition) is 1. The Labute approximate surface area is 141 Å². The standard InChI is InChI=1S/C18H22N6/c1-2-10-23(11-3-1)12-15-4-6-16(7-5-15)13-24-14-18(21-22-24)17-8-9-19-20-17/h4-9,14H,1-3,10-13H2,(H,19,20). The summed E-state index contributed by atoms with van der Waals surface area (Å²) >= 11 is 0. The molecule has 0 spiro atoms. The Morgan fingerprint density at radius 3 is 2.38 bits per heavy atom. The predicted octanol–water partition coefficient (Wildman–Crippen LogP) is 2.70. The lowest BCUT2D eigenvalue weighted by molar-refractivity contribution is 0.221. The van der Waals surface area contributed by atoms with Crippen molar-refractivity contribution in [3.63, 3.8) is 0 Å². The maximum Gasteiger partial charge on any atom is 0.130 e. The summed E-state index contributed by atoms with van der Waals surface area (Å²) in [6.07, 6.45) is 7.71. The molecule has 2 aromatic heterocycles. The van der Waals surface area contributed by atoms with Crippen LogP contribution in [0.5, 0.6) is 0 Å². The normalized spacial score (nSPS) is 15.7. The molecule has 3 aromatic rings. The Balaban J connectivity index is 1.38. The second-order valence-corrected chi connectivity index (χ2v) is 6.42. The van der Waals surface area contributed by atoms with Gasteiger partial charge in [-0.15, -0.1) is 5.10 Å². The highest BCUT2D eigenvalue weighted by Crippen LogP contribution is 2.15. The molecule has 4 rings (SSSR count). The van der Waals surface area contributed by atoms with Gasteiger partial charge < -0.3 is 0 Å². The first-order valence-electron chi connectivity index (χ1n) is 8.57. The van der Waals surface area contributed by atoms with Crippen LogP contribution in [0.1, 0.15) is 30.4 Å². The van der Waals surface area contributed by atoms with E-state index in [1.165, 1.54) is 43.5 Å². The number of hydrogen-bond acceptors (Lipinski definition) is 4. The number of benzene rings is 1. The lowest BCUT2D eigenvalue weighted by Gasteiger charge is -2.26. The van der Waals surface area contributed by atoms with Crippen LogP contribution in [0.25, 0.3) is 11.4 Å². The van der Waals surface area contributed by atoms with Crippen molar-refractivity contribution in [2.75, 3.05) is 13.1 Å². The first kappa shape index (κ1) is 15.1. The van der Waals surface area contributed by atoms with Crippen LogP contribution in [0.2, 0.25) is 0 Å². The van der Waals surface area contributed by atoms with E-state index >= 15 is 0 Å². The molecule has 1 N–H and O–H groups in total. The maximum absolute atomic E-state index is 4.19. The number of rotatable bonds is 5. The van der Waals surface area contributed by atoms with Gasteiger partial charge in [-0.25, -0.2) is 4.68 Å². The van der Waals surface area contributed by atoms with E-state index in [9.17, 15) is 0 Å². The molecule has 3 heterocycles. The summed E-state index contributed by atoms with van der Waals surface area (Å²) < 4.78 is 1.86. The molecular weight excluding hydrogens is 300 g/mol. The SMILES string of the molecule is c1cc(-c2cn(Cc3ccc(CN4CCCCC4)cc3)nn2)[nH]n1. The van der Waals surface area contributed by atoms with Gasteiger partial charge in [0.1, 0.15) is 5.69 Å². The van der Waals surface area contributed by atoms with E-state index in [-0.39, 0.29) is 0 Å². The first-order valence-corrected chi connectivity index (χ1v) is 8.57. The van der Waals surface area contributed by atoms with Crippen molar-refractivity contribution in [3.05, 3.63) is 53.9 Å². The van der Waals surface area contributed by atoms with Crippen LogP contribution in [-0.4, -0.2) is 43.2 Å². The summed E-state index contributed by atoms with van der Waals surface area (Å²) in [6, 6.07) is 10.7. The van der Waals surface area contributed by atoms with Crippen LogP contribution in [0.4, 0.5) is 0 Å². The van der Waals surface area contributed by atoms with Crippen molar-refractivity contribution in [1.29, 1.82) is 0 Å². The lowest BCUT2D eigenvalue weighted by atomic mass is 10.1. The molecule has 1 aliphatic heterocycles. The lowest BCUT2D eigenvalue weighted by Crippen LogP contribution is -2.29. The average Bonchev–Trinajstić information content (AvgIpc) is 3.29. The zero-order valence-corrected chi connectivity index (χ0v) is 13.7. The Bertz CT molecular complexity index is 753. The van der Waals surface area contributed by atoms with Crippen molar-refractivity contribution in [3.8, 4) is 11.4 Å². The summed E-state index contributed by atoms with van der Waals surface area (Å²) in [4.78, 5) is 2.55.